The summed E-state index contributed by atoms with van der Waals surface area (Å²) in [5, 5.41) is 1.69. The predicted molar refractivity (Wildman–Crippen MR) is 57.7 cm³/mol. The van der Waals surface area contributed by atoms with Crippen LogP contribution in [0.15, 0.2) is 30.3 Å². The Hall–Kier alpha value is -1.06. The van der Waals surface area contributed by atoms with E-state index in [0.717, 1.165) is 25.1 Å². The SMILES string of the molecule is CCCCN(N)COc1ccccc1. The topological polar surface area (TPSA) is 38.5 Å². The second-order valence-electron chi connectivity index (χ2n) is 3.25. The minimum absolute atomic E-state index is 0.448. The molecule has 0 spiro atoms. The lowest BCUT2D eigenvalue weighted by Gasteiger charge is -2.16. The van der Waals surface area contributed by atoms with Crippen molar-refractivity contribution in [2.75, 3.05) is 13.3 Å². The second-order valence-corrected chi connectivity index (χ2v) is 3.25. The molecule has 0 aliphatic heterocycles. The lowest BCUT2D eigenvalue weighted by Crippen LogP contribution is -2.35. The molecule has 0 fully saturated rings. The number of rotatable bonds is 6. The molecule has 2 N–H and O–H groups in total. The number of nitrogens with zero attached hydrogens (tertiary/aromatic N) is 1. The molecular weight excluding hydrogens is 176 g/mol. The lowest BCUT2D eigenvalue weighted by atomic mass is 10.3. The summed E-state index contributed by atoms with van der Waals surface area (Å²) in [4.78, 5) is 0. The molecule has 0 atom stereocenters. The van der Waals surface area contributed by atoms with Crippen molar-refractivity contribution in [3.8, 4) is 5.75 Å². The Morgan fingerprint density at radius 3 is 2.64 bits per heavy atom. The Labute approximate surface area is 85.4 Å². The van der Waals surface area contributed by atoms with E-state index in [4.69, 9.17) is 10.6 Å². The number of hydrogen-bond donors (Lipinski definition) is 1. The standard InChI is InChI=1S/C11H18N2O/c1-2-3-9-13(12)10-14-11-7-5-4-6-8-11/h4-8H,2-3,9-10,12H2,1H3. The lowest BCUT2D eigenvalue weighted by molar-refractivity contribution is 0.125. The molecule has 14 heavy (non-hydrogen) atoms. The van der Waals surface area contributed by atoms with Crippen molar-refractivity contribution in [2.24, 2.45) is 5.84 Å². The number of hydrogen-bond acceptors (Lipinski definition) is 3. The van der Waals surface area contributed by atoms with E-state index in [1.807, 2.05) is 30.3 Å². The minimum Gasteiger partial charge on any atom is -0.477 e. The van der Waals surface area contributed by atoms with Gasteiger partial charge in [0.05, 0.1) is 0 Å². The maximum Gasteiger partial charge on any atom is 0.154 e. The van der Waals surface area contributed by atoms with Crippen LogP contribution in [0.1, 0.15) is 19.8 Å². The summed E-state index contributed by atoms with van der Waals surface area (Å²) in [6, 6.07) is 9.70. The van der Waals surface area contributed by atoms with Gasteiger partial charge in [0, 0.05) is 6.54 Å². The fourth-order valence-corrected chi connectivity index (χ4v) is 1.10. The van der Waals surface area contributed by atoms with Gasteiger partial charge in [0.15, 0.2) is 6.73 Å². The maximum absolute atomic E-state index is 5.72. The number of ether oxygens (including phenoxy) is 1. The van der Waals surface area contributed by atoms with Crippen LogP contribution in [0.2, 0.25) is 0 Å². The smallest absolute Gasteiger partial charge is 0.154 e. The first-order valence-corrected chi connectivity index (χ1v) is 5.00. The van der Waals surface area contributed by atoms with E-state index in [1.54, 1.807) is 5.01 Å². The van der Waals surface area contributed by atoms with Crippen molar-refractivity contribution < 1.29 is 4.74 Å². The third-order valence-electron chi connectivity index (χ3n) is 1.94. The quantitative estimate of drug-likeness (QED) is 0.427. The number of hydrazine groups is 1. The highest BCUT2D eigenvalue weighted by Gasteiger charge is 1.98. The van der Waals surface area contributed by atoms with Crippen LogP contribution in [0.4, 0.5) is 0 Å². The van der Waals surface area contributed by atoms with Crippen LogP contribution >= 0.6 is 0 Å². The summed E-state index contributed by atoms with van der Waals surface area (Å²) < 4.78 is 5.47. The zero-order valence-electron chi connectivity index (χ0n) is 8.65. The number of benzene rings is 1. The molecule has 0 unspecified atom stereocenters. The summed E-state index contributed by atoms with van der Waals surface area (Å²) in [7, 11) is 0. The number of unbranched alkanes of at least 4 members (excludes halogenated alkanes) is 1. The Morgan fingerprint density at radius 2 is 2.00 bits per heavy atom. The molecule has 0 bridgehead atoms. The first kappa shape index (κ1) is 11.0. The highest BCUT2D eigenvalue weighted by atomic mass is 16.5. The van der Waals surface area contributed by atoms with E-state index >= 15 is 0 Å². The Kier molecular flexibility index (Phi) is 5.04. The van der Waals surface area contributed by atoms with E-state index in [2.05, 4.69) is 6.92 Å². The molecule has 0 amide bonds. The summed E-state index contributed by atoms with van der Waals surface area (Å²) in [5.41, 5.74) is 0. The third-order valence-corrected chi connectivity index (χ3v) is 1.94. The van der Waals surface area contributed by atoms with Crippen molar-refractivity contribution in [1.82, 2.24) is 5.01 Å². The van der Waals surface area contributed by atoms with E-state index in [0.29, 0.717) is 6.73 Å². The molecule has 0 aliphatic carbocycles. The summed E-state index contributed by atoms with van der Waals surface area (Å²) >= 11 is 0. The van der Waals surface area contributed by atoms with Crippen LogP contribution in [0.5, 0.6) is 5.75 Å². The molecule has 0 saturated heterocycles. The van der Waals surface area contributed by atoms with Crippen LogP contribution in [-0.4, -0.2) is 18.3 Å². The van der Waals surface area contributed by atoms with Crippen LogP contribution in [-0.2, 0) is 0 Å². The summed E-state index contributed by atoms with van der Waals surface area (Å²) in [5.74, 6) is 6.58. The molecule has 1 aromatic rings. The zero-order chi connectivity index (χ0) is 10.2. The van der Waals surface area contributed by atoms with Gasteiger partial charge in [0.25, 0.3) is 0 Å². The largest absolute Gasteiger partial charge is 0.477 e. The molecule has 3 heteroatoms. The van der Waals surface area contributed by atoms with Crippen molar-refractivity contribution in [3.63, 3.8) is 0 Å². The zero-order valence-corrected chi connectivity index (χ0v) is 8.65. The number of para-hydroxylation sites is 1. The maximum atomic E-state index is 5.72. The fraction of sp³-hybridized carbons (Fsp3) is 0.455. The highest BCUT2D eigenvalue weighted by Crippen LogP contribution is 2.07. The van der Waals surface area contributed by atoms with Gasteiger partial charge in [-0.25, -0.2) is 5.01 Å². The first-order chi connectivity index (χ1) is 6.83. The van der Waals surface area contributed by atoms with Gasteiger partial charge in [-0.2, -0.15) is 0 Å². The van der Waals surface area contributed by atoms with Crippen LogP contribution in [0, 0.1) is 0 Å². The molecule has 0 radical (unpaired) electrons. The molecule has 0 aliphatic rings. The molecule has 0 saturated carbocycles. The van der Waals surface area contributed by atoms with Gasteiger partial charge in [-0.1, -0.05) is 31.5 Å². The van der Waals surface area contributed by atoms with E-state index in [1.165, 1.54) is 0 Å². The molecular formula is C11H18N2O. The average Bonchev–Trinajstić information content (AvgIpc) is 2.25. The Morgan fingerprint density at radius 1 is 1.29 bits per heavy atom. The predicted octanol–water partition coefficient (Wildman–Crippen LogP) is 2.00. The van der Waals surface area contributed by atoms with Gasteiger partial charge in [-0.3, -0.25) is 5.84 Å². The van der Waals surface area contributed by atoms with Gasteiger partial charge in [-0.05, 0) is 18.6 Å². The monoisotopic (exact) mass is 194 g/mol. The van der Waals surface area contributed by atoms with Gasteiger partial charge < -0.3 is 4.74 Å². The molecule has 3 nitrogen and oxygen atoms in total. The van der Waals surface area contributed by atoms with Crippen molar-refractivity contribution in [1.29, 1.82) is 0 Å². The van der Waals surface area contributed by atoms with Crippen LogP contribution in [0.25, 0.3) is 0 Å². The van der Waals surface area contributed by atoms with E-state index in [9.17, 15) is 0 Å². The highest BCUT2D eigenvalue weighted by molar-refractivity contribution is 5.20. The average molecular weight is 194 g/mol. The summed E-state index contributed by atoms with van der Waals surface area (Å²) in [6.45, 7) is 3.47. The molecule has 1 aromatic carbocycles. The Bertz CT molecular complexity index is 238. The van der Waals surface area contributed by atoms with Crippen molar-refractivity contribution in [3.05, 3.63) is 30.3 Å². The first-order valence-electron chi connectivity index (χ1n) is 5.00. The molecule has 0 heterocycles. The Balaban J connectivity index is 2.20. The van der Waals surface area contributed by atoms with Crippen LogP contribution < -0.4 is 10.6 Å². The van der Waals surface area contributed by atoms with Gasteiger partial charge >= 0.3 is 0 Å². The van der Waals surface area contributed by atoms with Gasteiger partial charge in [0.2, 0.25) is 0 Å². The van der Waals surface area contributed by atoms with Gasteiger partial charge in [-0.15, -0.1) is 0 Å². The fourth-order valence-electron chi connectivity index (χ4n) is 1.10. The van der Waals surface area contributed by atoms with Crippen LogP contribution in [0.3, 0.4) is 0 Å². The molecule has 1 rings (SSSR count). The van der Waals surface area contributed by atoms with Crippen molar-refractivity contribution >= 4 is 0 Å². The second kappa shape index (κ2) is 6.40. The molecule has 78 valence electrons. The van der Waals surface area contributed by atoms with Gasteiger partial charge in [0.1, 0.15) is 5.75 Å². The summed E-state index contributed by atoms with van der Waals surface area (Å²) in [6.07, 6.45) is 2.26. The molecule has 0 aromatic heterocycles. The number of nitrogens with two attached hydrogens (primary N) is 1. The normalized spacial score (nSPS) is 10.5. The third kappa shape index (κ3) is 4.25. The minimum atomic E-state index is 0.448. The van der Waals surface area contributed by atoms with E-state index < -0.39 is 0 Å². The van der Waals surface area contributed by atoms with E-state index in [-0.39, 0.29) is 0 Å². The van der Waals surface area contributed by atoms with Crippen molar-refractivity contribution in [2.45, 2.75) is 19.8 Å².